The van der Waals surface area contributed by atoms with Crippen LogP contribution in [0.2, 0.25) is 0 Å². The monoisotopic (exact) mass is 475 g/mol. The van der Waals surface area contributed by atoms with Gasteiger partial charge in [0, 0.05) is 24.3 Å². The number of fused-ring (bicyclic) bond motifs is 1. The number of nitrogens with one attached hydrogen (secondary N) is 1. The second kappa shape index (κ2) is 10.1. The highest BCUT2D eigenvalue weighted by Crippen LogP contribution is 2.45. The number of hydrogen-bond acceptors (Lipinski definition) is 5. The fraction of sp³-hybridized carbons (Fsp3) is 0.429. The SMILES string of the molecule is COc1cc(C2c3c(-c4ccccc4)n[nH]c3C(=O)N2CC2CCCO2)ccc1OCCC(C)C. The highest BCUT2D eigenvalue weighted by Gasteiger charge is 2.43. The number of ether oxygens (including phenoxy) is 3. The van der Waals surface area contributed by atoms with E-state index in [0.717, 1.165) is 48.3 Å². The maximum atomic E-state index is 13.6. The van der Waals surface area contributed by atoms with E-state index >= 15 is 0 Å². The van der Waals surface area contributed by atoms with Crippen LogP contribution in [0.4, 0.5) is 0 Å². The lowest BCUT2D eigenvalue weighted by molar-refractivity contribution is 0.0495. The topological polar surface area (TPSA) is 76.7 Å². The lowest BCUT2D eigenvalue weighted by Crippen LogP contribution is -2.36. The number of benzene rings is 2. The molecule has 2 atom stereocenters. The van der Waals surface area contributed by atoms with Crippen LogP contribution >= 0.6 is 0 Å². The van der Waals surface area contributed by atoms with Crippen molar-refractivity contribution in [2.45, 2.75) is 45.3 Å². The first kappa shape index (κ1) is 23.4. The van der Waals surface area contributed by atoms with Gasteiger partial charge in [0.1, 0.15) is 5.69 Å². The molecule has 2 aromatic carbocycles. The van der Waals surface area contributed by atoms with E-state index in [1.54, 1.807) is 7.11 Å². The normalized spacial score (nSPS) is 19.4. The van der Waals surface area contributed by atoms with Crippen LogP contribution in [0.1, 0.15) is 60.8 Å². The molecule has 2 aliphatic heterocycles. The number of carbonyl (C=O) groups excluding carboxylic acids is 1. The first-order valence-corrected chi connectivity index (χ1v) is 12.4. The molecular weight excluding hydrogens is 442 g/mol. The fourth-order valence-electron chi connectivity index (χ4n) is 4.93. The molecule has 7 heteroatoms. The number of carbonyl (C=O) groups is 1. The smallest absolute Gasteiger partial charge is 0.273 e. The molecule has 35 heavy (non-hydrogen) atoms. The van der Waals surface area contributed by atoms with Crippen molar-refractivity contribution in [1.82, 2.24) is 15.1 Å². The molecule has 7 nitrogen and oxygen atoms in total. The summed E-state index contributed by atoms with van der Waals surface area (Å²) in [5, 5.41) is 7.59. The third-order valence-corrected chi connectivity index (χ3v) is 6.79. The van der Waals surface area contributed by atoms with E-state index in [2.05, 4.69) is 24.0 Å². The largest absolute Gasteiger partial charge is 0.493 e. The third-order valence-electron chi connectivity index (χ3n) is 6.79. The van der Waals surface area contributed by atoms with Crippen LogP contribution in [-0.4, -0.2) is 54.0 Å². The predicted octanol–water partition coefficient (Wildman–Crippen LogP) is 5.23. The van der Waals surface area contributed by atoms with Gasteiger partial charge in [-0.05, 0) is 42.9 Å². The van der Waals surface area contributed by atoms with Gasteiger partial charge in [-0.15, -0.1) is 0 Å². The fourth-order valence-corrected chi connectivity index (χ4v) is 4.93. The number of H-pyrrole nitrogens is 1. The molecule has 0 spiro atoms. The number of aromatic nitrogens is 2. The summed E-state index contributed by atoms with van der Waals surface area (Å²) in [4.78, 5) is 15.5. The van der Waals surface area contributed by atoms with Crippen molar-refractivity contribution in [2.75, 3.05) is 26.9 Å². The van der Waals surface area contributed by atoms with E-state index in [4.69, 9.17) is 14.2 Å². The molecule has 1 amide bonds. The van der Waals surface area contributed by atoms with Crippen molar-refractivity contribution in [3.05, 3.63) is 65.4 Å². The molecule has 1 N–H and O–H groups in total. The Balaban J connectivity index is 1.54. The zero-order valence-corrected chi connectivity index (χ0v) is 20.6. The average Bonchev–Trinajstić information content (AvgIpc) is 3.59. The second-order valence-corrected chi connectivity index (χ2v) is 9.66. The first-order chi connectivity index (χ1) is 17.1. The Morgan fingerprint density at radius 3 is 2.71 bits per heavy atom. The molecule has 3 aromatic rings. The minimum atomic E-state index is -0.297. The summed E-state index contributed by atoms with van der Waals surface area (Å²) in [7, 11) is 1.65. The van der Waals surface area contributed by atoms with Gasteiger partial charge < -0.3 is 19.1 Å². The number of methoxy groups -OCH3 is 1. The van der Waals surface area contributed by atoms with Gasteiger partial charge in [0.25, 0.3) is 5.91 Å². The van der Waals surface area contributed by atoms with E-state index < -0.39 is 0 Å². The minimum absolute atomic E-state index is 0.0409. The number of hydrogen-bond donors (Lipinski definition) is 1. The number of nitrogens with zero attached hydrogens (tertiary/aromatic N) is 2. The lowest BCUT2D eigenvalue weighted by atomic mass is 9.95. The predicted molar refractivity (Wildman–Crippen MR) is 134 cm³/mol. The third kappa shape index (κ3) is 4.65. The summed E-state index contributed by atoms with van der Waals surface area (Å²) in [6.45, 7) is 6.27. The zero-order valence-electron chi connectivity index (χ0n) is 20.6. The molecule has 0 radical (unpaired) electrons. The average molecular weight is 476 g/mol. The van der Waals surface area contributed by atoms with Gasteiger partial charge >= 0.3 is 0 Å². The van der Waals surface area contributed by atoms with Crippen molar-refractivity contribution in [3.63, 3.8) is 0 Å². The van der Waals surface area contributed by atoms with Gasteiger partial charge in [0.05, 0.1) is 31.6 Å². The molecular formula is C28H33N3O4. The van der Waals surface area contributed by atoms with Gasteiger partial charge in [0.2, 0.25) is 0 Å². The molecule has 0 aliphatic carbocycles. The molecule has 1 fully saturated rings. The van der Waals surface area contributed by atoms with Crippen LogP contribution in [0.5, 0.6) is 11.5 Å². The number of aromatic amines is 1. The maximum Gasteiger partial charge on any atom is 0.273 e. The van der Waals surface area contributed by atoms with Crippen molar-refractivity contribution in [1.29, 1.82) is 0 Å². The van der Waals surface area contributed by atoms with Crippen LogP contribution < -0.4 is 9.47 Å². The summed E-state index contributed by atoms with van der Waals surface area (Å²) in [5.74, 6) is 1.88. The molecule has 0 bridgehead atoms. The summed E-state index contributed by atoms with van der Waals surface area (Å²) >= 11 is 0. The summed E-state index contributed by atoms with van der Waals surface area (Å²) in [6.07, 6.45) is 2.99. The quantitative estimate of drug-likeness (QED) is 0.458. The Morgan fingerprint density at radius 2 is 2.00 bits per heavy atom. The molecule has 1 saturated heterocycles. The molecule has 2 unspecified atom stereocenters. The van der Waals surface area contributed by atoms with Gasteiger partial charge in [-0.1, -0.05) is 50.2 Å². The van der Waals surface area contributed by atoms with Crippen molar-refractivity contribution < 1.29 is 19.0 Å². The summed E-state index contributed by atoms with van der Waals surface area (Å²) < 4.78 is 17.6. The van der Waals surface area contributed by atoms with Crippen LogP contribution in [0.3, 0.4) is 0 Å². The molecule has 1 aromatic heterocycles. The minimum Gasteiger partial charge on any atom is -0.493 e. The van der Waals surface area contributed by atoms with Gasteiger partial charge in [-0.2, -0.15) is 5.10 Å². The van der Waals surface area contributed by atoms with E-state index in [9.17, 15) is 4.79 Å². The van der Waals surface area contributed by atoms with Gasteiger partial charge in [-0.25, -0.2) is 0 Å². The highest BCUT2D eigenvalue weighted by molar-refractivity contribution is 6.00. The zero-order chi connectivity index (χ0) is 24.4. The highest BCUT2D eigenvalue weighted by atomic mass is 16.5. The van der Waals surface area contributed by atoms with Crippen molar-refractivity contribution in [2.24, 2.45) is 5.92 Å². The molecule has 0 saturated carbocycles. The maximum absolute atomic E-state index is 13.6. The number of amides is 1. The molecule has 2 aliphatic rings. The molecule has 5 rings (SSSR count). The van der Waals surface area contributed by atoms with E-state index in [0.29, 0.717) is 36.3 Å². The molecule has 3 heterocycles. The number of rotatable bonds is 9. The molecule has 184 valence electrons. The first-order valence-electron chi connectivity index (χ1n) is 12.4. The second-order valence-electron chi connectivity index (χ2n) is 9.66. The van der Waals surface area contributed by atoms with Crippen LogP contribution in [0, 0.1) is 5.92 Å². The van der Waals surface area contributed by atoms with Gasteiger partial charge in [0.15, 0.2) is 11.5 Å². The Bertz CT molecular complexity index is 1170. The summed E-state index contributed by atoms with van der Waals surface area (Å²) in [5.41, 5.74) is 4.17. The lowest BCUT2D eigenvalue weighted by Gasteiger charge is -2.29. The van der Waals surface area contributed by atoms with E-state index in [1.165, 1.54) is 0 Å². The van der Waals surface area contributed by atoms with E-state index in [-0.39, 0.29) is 18.1 Å². The van der Waals surface area contributed by atoms with Crippen LogP contribution in [-0.2, 0) is 4.74 Å². The Kier molecular flexibility index (Phi) is 6.77. The van der Waals surface area contributed by atoms with Crippen LogP contribution in [0.25, 0.3) is 11.3 Å². The van der Waals surface area contributed by atoms with Crippen molar-refractivity contribution >= 4 is 5.91 Å². The Hall–Kier alpha value is -3.32. The van der Waals surface area contributed by atoms with Crippen LogP contribution in [0.15, 0.2) is 48.5 Å². The standard InChI is InChI=1S/C28H33N3O4/c1-18(2)13-15-35-22-12-11-20(16-23(22)33-3)27-24-25(19-8-5-4-6-9-19)29-30-26(24)28(32)31(27)17-21-10-7-14-34-21/h4-6,8-9,11-12,16,18,21,27H,7,10,13-15,17H2,1-3H3,(H,29,30). The van der Waals surface area contributed by atoms with E-state index in [1.807, 2.05) is 53.4 Å². The summed E-state index contributed by atoms with van der Waals surface area (Å²) in [6, 6.07) is 15.7. The Labute approximate surface area is 206 Å². The van der Waals surface area contributed by atoms with Crippen molar-refractivity contribution in [3.8, 4) is 22.8 Å². The van der Waals surface area contributed by atoms with Gasteiger partial charge in [-0.3, -0.25) is 9.89 Å². The Morgan fingerprint density at radius 1 is 1.17 bits per heavy atom.